The molecule has 3 heteroatoms. The number of benzene rings is 1. The summed E-state index contributed by atoms with van der Waals surface area (Å²) < 4.78 is 5.63. The Bertz CT molecular complexity index is 511. The molecule has 1 aromatic carbocycles. The summed E-state index contributed by atoms with van der Waals surface area (Å²) in [6.45, 7) is 3.90. The van der Waals surface area contributed by atoms with Crippen molar-refractivity contribution >= 4 is 0 Å². The maximum absolute atomic E-state index is 9.81. The molecule has 0 amide bonds. The molecule has 1 heterocycles. The highest BCUT2D eigenvalue weighted by atomic mass is 16.5. The molecule has 3 nitrogen and oxygen atoms in total. The Morgan fingerprint density at radius 1 is 1.28 bits per heavy atom. The first-order valence-corrected chi connectivity index (χ1v) is 6.08. The van der Waals surface area contributed by atoms with Gasteiger partial charge >= 0.3 is 0 Å². The van der Waals surface area contributed by atoms with E-state index in [4.69, 9.17) is 4.74 Å². The van der Waals surface area contributed by atoms with Crippen LogP contribution in [0.25, 0.3) is 0 Å². The molecule has 0 spiro atoms. The molecule has 0 aliphatic carbocycles. The lowest BCUT2D eigenvalue weighted by Crippen LogP contribution is -2.00. The fourth-order valence-electron chi connectivity index (χ4n) is 1.77. The van der Waals surface area contributed by atoms with Gasteiger partial charge in [0.15, 0.2) is 0 Å². The fraction of sp³-hybridized carbons (Fsp3) is 0.267. The van der Waals surface area contributed by atoms with Gasteiger partial charge in [0.05, 0.1) is 6.10 Å². The topological polar surface area (TPSA) is 42.4 Å². The second-order valence-electron chi connectivity index (χ2n) is 4.22. The maximum Gasteiger partial charge on any atom is 0.219 e. The number of rotatable bonds is 4. The van der Waals surface area contributed by atoms with Crippen molar-refractivity contribution in [2.45, 2.75) is 26.4 Å². The van der Waals surface area contributed by atoms with Gasteiger partial charge in [0, 0.05) is 17.8 Å². The zero-order chi connectivity index (χ0) is 13.0. The first kappa shape index (κ1) is 12.6. The summed E-state index contributed by atoms with van der Waals surface area (Å²) in [5, 5.41) is 9.81. The standard InChI is InChI=1S/C15H17NO2/c1-3-14(17)13-10-16-15(9-11(13)2)18-12-7-5-4-6-8-12/h4-10,14,17H,3H2,1-2H3/t14-/m0/s1. The van der Waals surface area contributed by atoms with Crippen LogP contribution in [0.5, 0.6) is 11.6 Å². The molecule has 0 aliphatic heterocycles. The van der Waals surface area contributed by atoms with Gasteiger partial charge in [-0.3, -0.25) is 0 Å². The van der Waals surface area contributed by atoms with Gasteiger partial charge in [-0.1, -0.05) is 25.1 Å². The van der Waals surface area contributed by atoms with E-state index < -0.39 is 6.10 Å². The monoisotopic (exact) mass is 243 g/mol. The molecule has 0 saturated carbocycles. The summed E-state index contributed by atoms with van der Waals surface area (Å²) in [5.74, 6) is 1.30. The molecule has 2 aromatic rings. The van der Waals surface area contributed by atoms with Crippen molar-refractivity contribution in [1.29, 1.82) is 0 Å². The predicted octanol–water partition coefficient (Wildman–Crippen LogP) is 3.63. The van der Waals surface area contributed by atoms with Gasteiger partial charge in [-0.2, -0.15) is 0 Å². The Morgan fingerprint density at radius 3 is 2.61 bits per heavy atom. The quantitative estimate of drug-likeness (QED) is 0.891. The molecule has 18 heavy (non-hydrogen) atoms. The number of pyridine rings is 1. The van der Waals surface area contributed by atoms with Gasteiger partial charge in [-0.25, -0.2) is 4.98 Å². The molecule has 1 atom stereocenters. The molecule has 0 aliphatic rings. The third-order valence-corrected chi connectivity index (χ3v) is 2.84. The van der Waals surface area contributed by atoms with E-state index in [0.29, 0.717) is 12.3 Å². The van der Waals surface area contributed by atoms with E-state index in [2.05, 4.69) is 4.98 Å². The van der Waals surface area contributed by atoms with Gasteiger partial charge in [0.2, 0.25) is 5.88 Å². The Morgan fingerprint density at radius 2 is 2.00 bits per heavy atom. The van der Waals surface area contributed by atoms with Crippen LogP contribution in [-0.4, -0.2) is 10.1 Å². The number of ether oxygens (including phenoxy) is 1. The number of nitrogens with zero attached hydrogens (tertiary/aromatic N) is 1. The lowest BCUT2D eigenvalue weighted by atomic mass is 10.0. The minimum Gasteiger partial charge on any atom is -0.439 e. The van der Waals surface area contributed by atoms with E-state index in [1.165, 1.54) is 0 Å². The molecule has 94 valence electrons. The lowest BCUT2D eigenvalue weighted by molar-refractivity contribution is 0.172. The molecular formula is C15H17NO2. The SMILES string of the molecule is CC[C@H](O)c1cnc(Oc2ccccc2)cc1C. The molecule has 1 aromatic heterocycles. The van der Waals surface area contributed by atoms with Gasteiger partial charge in [-0.15, -0.1) is 0 Å². The van der Waals surface area contributed by atoms with Gasteiger partial charge in [0.1, 0.15) is 5.75 Å². The normalized spacial score (nSPS) is 12.2. The van der Waals surface area contributed by atoms with Crippen molar-refractivity contribution in [3.63, 3.8) is 0 Å². The molecule has 0 fully saturated rings. The van der Waals surface area contributed by atoms with Crippen LogP contribution in [0.3, 0.4) is 0 Å². The molecule has 0 saturated heterocycles. The first-order chi connectivity index (χ1) is 8.70. The number of hydrogen-bond donors (Lipinski definition) is 1. The van der Waals surface area contributed by atoms with Crippen LogP contribution in [0.2, 0.25) is 0 Å². The van der Waals surface area contributed by atoms with Gasteiger partial charge in [0.25, 0.3) is 0 Å². The van der Waals surface area contributed by atoms with Crippen LogP contribution in [0, 0.1) is 6.92 Å². The first-order valence-electron chi connectivity index (χ1n) is 6.08. The highest BCUT2D eigenvalue weighted by Gasteiger charge is 2.10. The number of aliphatic hydroxyl groups excluding tert-OH is 1. The minimum atomic E-state index is -0.455. The van der Waals surface area contributed by atoms with Crippen molar-refractivity contribution in [3.8, 4) is 11.6 Å². The predicted molar refractivity (Wildman–Crippen MR) is 70.7 cm³/mol. The van der Waals surface area contributed by atoms with E-state index in [1.54, 1.807) is 6.20 Å². The summed E-state index contributed by atoms with van der Waals surface area (Å²) in [7, 11) is 0. The lowest BCUT2D eigenvalue weighted by Gasteiger charge is -2.12. The van der Waals surface area contributed by atoms with Crippen LogP contribution in [0.15, 0.2) is 42.6 Å². The van der Waals surface area contributed by atoms with E-state index >= 15 is 0 Å². The van der Waals surface area contributed by atoms with Gasteiger partial charge in [-0.05, 0) is 31.0 Å². The van der Waals surface area contributed by atoms with Crippen LogP contribution in [-0.2, 0) is 0 Å². The fourth-order valence-corrected chi connectivity index (χ4v) is 1.77. The smallest absolute Gasteiger partial charge is 0.219 e. The van der Waals surface area contributed by atoms with Gasteiger partial charge < -0.3 is 9.84 Å². The van der Waals surface area contributed by atoms with Crippen LogP contribution < -0.4 is 4.74 Å². The second kappa shape index (κ2) is 5.65. The summed E-state index contributed by atoms with van der Waals surface area (Å²) >= 11 is 0. The minimum absolute atomic E-state index is 0.455. The van der Waals surface area contributed by atoms with Crippen molar-refractivity contribution in [2.75, 3.05) is 0 Å². The average molecular weight is 243 g/mol. The van der Waals surface area contributed by atoms with E-state index in [9.17, 15) is 5.11 Å². The highest BCUT2D eigenvalue weighted by Crippen LogP contribution is 2.25. The third-order valence-electron chi connectivity index (χ3n) is 2.84. The average Bonchev–Trinajstić information content (AvgIpc) is 2.39. The Kier molecular flexibility index (Phi) is 3.95. The third kappa shape index (κ3) is 2.87. The Hall–Kier alpha value is -1.87. The number of aliphatic hydroxyl groups is 1. The van der Waals surface area contributed by atoms with Crippen molar-refractivity contribution in [2.24, 2.45) is 0 Å². The Balaban J connectivity index is 2.19. The molecule has 0 unspecified atom stereocenters. The number of hydrogen-bond acceptors (Lipinski definition) is 3. The Labute approximate surface area is 107 Å². The number of aryl methyl sites for hydroxylation is 1. The number of aromatic nitrogens is 1. The molecule has 0 bridgehead atoms. The zero-order valence-electron chi connectivity index (χ0n) is 10.6. The van der Waals surface area contributed by atoms with Crippen LogP contribution in [0.1, 0.15) is 30.6 Å². The second-order valence-corrected chi connectivity index (χ2v) is 4.22. The summed E-state index contributed by atoms with van der Waals surface area (Å²) in [6.07, 6.45) is 1.91. The maximum atomic E-state index is 9.81. The van der Waals surface area contributed by atoms with Crippen LogP contribution >= 0.6 is 0 Å². The van der Waals surface area contributed by atoms with E-state index in [-0.39, 0.29) is 0 Å². The molecule has 1 N–H and O–H groups in total. The molecule has 2 rings (SSSR count). The molecule has 0 radical (unpaired) electrons. The summed E-state index contributed by atoms with van der Waals surface area (Å²) in [5.41, 5.74) is 1.85. The van der Waals surface area contributed by atoms with Crippen molar-refractivity contribution < 1.29 is 9.84 Å². The molecular weight excluding hydrogens is 226 g/mol. The van der Waals surface area contributed by atoms with Crippen molar-refractivity contribution in [3.05, 3.63) is 53.7 Å². The summed E-state index contributed by atoms with van der Waals surface area (Å²) in [4.78, 5) is 4.22. The van der Waals surface area contributed by atoms with Crippen LogP contribution in [0.4, 0.5) is 0 Å². The summed E-state index contributed by atoms with van der Waals surface area (Å²) in [6, 6.07) is 11.4. The largest absolute Gasteiger partial charge is 0.439 e. The van der Waals surface area contributed by atoms with E-state index in [0.717, 1.165) is 16.9 Å². The highest BCUT2D eigenvalue weighted by molar-refractivity contribution is 5.33. The van der Waals surface area contributed by atoms with E-state index in [1.807, 2.05) is 50.2 Å². The number of para-hydroxylation sites is 1. The van der Waals surface area contributed by atoms with Crippen molar-refractivity contribution in [1.82, 2.24) is 4.98 Å². The zero-order valence-corrected chi connectivity index (χ0v) is 10.6.